The third kappa shape index (κ3) is 6.86. The van der Waals surface area contributed by atoms with Crippen LogP contribution in [0.4, 0.5) is 0 Å². The molecule has 5 rings (SSSR count). The van der Waals surface area contributed by atoms with Crippen LogP contribution in [0.15, 0.2) is 121 Å². The number of nitrogens with zero attached hydrogens (tertiary/aromatic N) is 2. The molecule has 0 bridgehead atoms. The fourth-order valence-corrected chi connectivity index (χ4v) is 6.04. The lowest BCUT2D eigenvalue weighted by Gasteiger charge is -2.48. The molecule has 8 nitrogen and oxygen atoms in total. The second-order valence-electron chi connectivity index (χ2n) is 11.1. The highest BCUT2D eigenvalue weighted by Gasteiger charge is 2.64. The van der Waals surface area contributed by atoms with E-state index in [9.17, 15) is 29.4 Å². The summed E-state index contributed by atoms with van der Waals surface area (Å²) in [7, 11) is 0. The van der Waals surface area contributed by atoms with Crippen molar-refractivity contribution in [1.82, 2.24) is 9.80 Å². The minimum Gasteiger partial charge on any atom is -0.481 e. The van der Waals surface area contributed by atoms with Gasteiger partial charge in [0.25, 0.3) is 0 Å². The van der Waals surface area contributed by atoms with Crippen LogP contribution >= 0.6 is 0 Å². The molecule has 0 radical (unpaired) electrons. The van der Waals surface area contributed by atoms with Crippen LogP contribution in [0.25, 0.3) is 0 Å². The van der Waals surface area contributed by atoms with Gasteiger partial charge in [0.05, 0.1) is 23.7 Å². The highest BCUT2D eigenvalue weighted by Crippen LogP contribution is 2.49. The Kier molecular flexibility index (Phi) is 9.49. The van der Waals surface area contributed by atoms with Gasteiger partial charge in [-0.2, -0.15) is 0 Å². The van der Waals surface area contributed by atoms with Gasteiger partial charge >= 0.3 is 11.9 Å². The second-order valence-corrected chi connectivity index (χ2v) is 11.1. The van der Waals surface area contributed by atoms with E-state index in [4.69, 9.17) is 0 Å². The first kappa shape index (κ1) is 30.2. The molecule has 1 fully saturated rings. The van der Waals surface area contributed by atoms with E-state index in [0.717, 1.165) is 22.3 Å². The first-order valence-electron chi connectivity index (χ1n) is 14.5. The molecular weight excluding hydrogens is 556 g/mol. The van der Waals surface area contributed by atoms with Gasteiger partial charge in [-0.05, 0) is 22.3 Å². The zero-order valence-corrected chi connectivity index (χ0v) is 24.1. The number of hydrogen-bond donors (Lipinski definition) is 2. The molecule has 4 atom stereocenters. The predicted molar refractivity (Wildman–Crippen MR) is 164 cm³/mol. The number of carbonyl (C=O) groups is 4. The van der Waals surface area contributed by atoms with Gasteiger partial charge in [-0.15, -0.1) is 0 Å². The minimum atomic E-state index is -1.54. The summed E-state index contributed by atoms with van der Waals surface area (Å²) in [6, 6.07) is 37.2. The number of amides is 2. The van der Waals surface area contributed by atoms with Crippen molar-refractivity contribution in [3.8, 4) is 0 Å². The zero-order chi connectivity index (χ0) is 31.1. The molecule has 0 spiro atoms. The normalized spacial score (nSPS) is 18.9. The van der Waals surface area contributed by atoms with E-state index in [1.165, 1.54) is 9.80 Å². The van der Waals surface area contributed by atoms with Crippen LogP contribution in [0.2, 0.25) is 0 Å². The standard InChI is InChI=1S/C36H34N2O6/c39-33(37(21-25-13-5-1-6-14-25)22-26-15-7-2-8-16-26)29-30(32(36(43)44)31(29)35(41)42)34(40)38(23-27-17-9-3-10-18-27)24-28-19-11-4-12-20-28/h1-20,29-32H,21-24H2,(H,41,42)(H,43,44). The highest BCUT2D eigenvalue weighted by molar-refractivity contribution is 5.99. The molecule has 2 amide bonds. The Morgan fingerprint density at radius 1 is 0.409 bits per heavy atom. The van der Waals surface area contributed by atoms with E-state index in [-0.39, 0.29) is 26.2 Å². The average molecular weight is 591 g/mol. The van der Waals surface area contributed by atoms with Crippen LogP contribution in [0.5, 0.6) is 0 Å². The van der Waals surface area contributed by atoms with Gasteiger partial charge in [0.2, 0.25) is 11.8 Å². The van der Waals surface area contributed by atoms with E-state index in [1.54, 1.807) is 0 Å². The highest BCUT2D eigenvalue weighted by atomic mass is 16.4. The van der Waals surface area contributed by atoms with Crippen LogP contribution < -0.4 is 0 Å². The lowest BCUT2D eigenvalue weighted by atomic mass is 9.55. The van der Waals surface area contributed by atoms with Crippen LogP contribution in [-0.2, 0) is 45.4 Å². The molecule has 1 aliphatic rings. The van der Waals surface area contributed by atoms with E-state index in [1.807, 2.05) is 121 Å². The lowest BCUT2D eigenvalue weighted by Crippen LogP contribution is -2.64. The first-order valence-corrected chi connectivity index (χ1v) is 14.5. The van der Waals surface area contributed by atoms with Crippen molar-refractivity contribution in [3.05, 3.63) is 144 Å². The molecular formula is C36H34N2O6. The van der Waals surface area contributed by atoms with Crippen molar-refractivity contribution in [2.24, 2.45) is 23.7 Å². The number of carboxylic acid groups (broad SMARTS) is 2. The Morgan fingerprint density at radius 3 is 0.841 bits per heavy atom. The largest absolute Gasteiger partial charge is 0.481 e. The van der Waals surface area contributed by atoms with Gasteiger partial charge in [-0.1, -0.05) is 121 Å². The van der Waals surface area contributed by atoms with Crippen LogP contribution in [0.1, 0.15) is 22.3 Å². The monoisotopic (exact) mass is 590 g/mol. The van der Waals surface area contributed by atoms with Gasteiger partial charge in [0.15, 0.2) is 0 Å². The summed E-state index contributed by atoms with van der Waals surface area (Å²) in [6.07, 6.45) is 0. The number of hydrogen-bond acceptors (Lipinski definition) is 4. The molecule has 1 saturated carbocycles. The molecule has 4 aromatic rings. The predicted octanol–water partition coefficient (Wildman–Crippen LogP) is 5.09. The van der Waals surface area contributed by atoms with Gasteiger partial charge < -0.3 is 20.0 Å². The van der Waals surface area contributed by atoms with Crippen LogP contribution in [0.3, 0.4) is 0 Å². The summed E-state index contributed by atoms with van der Waals surface area (Å²) in [4.78, 5) is 56.8. The number of carboxylic acids is 2. The molecule has 1 aliphatic carbocycles. The average Bonchev–Trinajstić information content (AvgIpc) is 3.01. The Labute approximate surface area is 256 Å². The fraction of sp³-hybridized carbons (Fsp3) is 0.222. The van der Waals surface area contributed by atoms with E-state index < -0.39 is 47.4 Å². The number of aliphatic carboxylic acids is 2. The van der Waals surface area contributed by atoms with Crippen LogP contribution in [-0.4, -0.2) is 43.8 Å². The quantitative estimate of drug-likeness (QED) is 0.238. The Morgan fingerprint density at radius 2 is 0.636 bits per heavy atom. The topological polar surface area (TPSA) is 115 Å². The molecule has 0 aromatic heterocycles. The van der Waals surface area contributed by atoms with E-state index in [2.05, 4.69) is 0 Å². The molecule has 0 heterocycles. The first-order chi connectivity index (χ1) is 21.3. The fourth-order valence-electron chi connectivity index (χ4n) is 6.04. The number of carbonyl (C=O) groups excluding carboxylic acids is 2. The maximum absolute atomic E-state index is 14.4. The van der Waals surface area contributed by atoms with Crippen molar-refractivity contribution in [2.75, 3.05) is 0 Å². The summed E-state index contributed by atoms with van der Waals surface area (Å²) < 4.78 is 0. The smallest absolute Gasteiger partial charge is 0.308 e. The molecule has 2 N–H and O–H groups in total. The third-order valence-electron chi connectivity index (χ3n) is 8.18. The van der Waals surface area contributed by atoms with Crippen molar-refractivity contribution >= 4 is 23.8 Å². The Hall–Kier alpha value is -5.24. The summed E-state index contributed by atoms with van der Waals surface area (Å²) in [6.45, 7) is 0.698. The van der Waals surface area contributed by atoms with Gasteiger partial charge in [-0.25, -0.2) is 0 Å². The molecule has 8 heteroatoms. The second kappa shape index (κ2) is 13.8. The number of rotatable bonds is 12. The van der Waals surface area contributed by atoms with Gasteiger partial charge in [0.1, 0.15) is 0 Å². The van der Waals surface area contributed by atoms with Crippen molar-refractivity contribution < 1.29 is 29.4 Å². The Balaban J connectivity index is 1.52. The minimum absolute atomic E-state index is 0.174. The summed E-state index contributed by atoms with van der Waals surface area (Å²) >= 11 is 0. The van der Waals surface area contributed by atoms with Gasteiger partial charge in [-0.3, -0.25) is 19.2 Å². The van der Waals surface area contributed by atoms with E-state index >= 15 is 0 Å². The summed E-state index contributed by atoms with van der Waals surface area (Å²) in [5, 5.41) is 20.4. The maximum Gasteiger partial charge on any atom is 0.308 e. The molecule has 0 saturated heterocycles. The van der Waals surface area contributed by atoms with Crippen molar-refractivity contribution in [3.63, 3.8) is 0 Å². The molecule has 224 valence electrons. The third-order valence-corrected chi connectivity index (χ3v) is 8.18. The maximum atomic E-state index is 14.4. The number of benzene rings is 4. The molecule has 44 heavy (non-hydrogen) atoms. The zero-order valence-electron chi connectivity index (χ0n) is 24.1. The molecule has 4 unspecified atom stereocenters. The van der Waals surface area contributed by atoms with Crippen molar-refractivity contribution in [1.29, 1.82) is 0 Å². The Bertz CT molecular complexity index is 1380. The van der Waals surface area contributed by atoms with Crippen molar-refractivity contribution in [2.45, 2.75) is 26.2 Å². The molecule has 0 aliphatic heterocycles. The van der Waals surface area contributed by atoms with E-state index in [0.29, 0.717) is 0 Å². The lowest BCUT2D eigenvalue weighted by molar-refractivity contribution is -0.188. The summed E-state index contributed by atoms with van der Waals surface area (Å²) in [5.74, 6) is -9.70. The SMILES string of the molecule is O=C(O)C1C(C(=O)O)C(C(=O)N(Cc2ccccc2)Cc2ccccc2)C1C(=O)N(Cc1ccccc1)Cc1ccccc1. The summed E-state index contributed by atoms with van der Waals surface area (Å²) in [5.41, 5.74) is 3.32. The van der Waals surface area contributed by atoms with Gasteiger partial charge in [0, 0.05) is 26.2 Å². The molecule has 4 aromatic carbocycles. The van der Waals surface area contributed by atoms with Crippen LogP contribution in [0, 0.1) is 23.7 Å².